The van der Waals surface area contributed by atoms with Gasteiger partial charge in [0.05, 0.1) is 23.4 Å². The highest BCUT2D eigenvalue weighted by Crippen LogP contribution is 2.40. The van der Waals surface area contributed by atoms with Crippen LogP contribution in [0, 0.1) is 32.6 Å². The van der Waals surface area contributed by atoms with Gasteiger partial charge >= 0.3 is 5.69 Å². The van der Waals surface area contributed by atoms with Crippen LogP contribution in [-0.2, 0) is 22.4 Å². The van der Waals surface area contributed by atoms with E-state index in [1.807, 2.05) is 55.1 Å². The number of piperidine rings is 2. The minimum Gasteiger partial charge on any atom is -0.508 e. The second-order valence-corrected chi connectivity index (χ2v) is 18.8. The molecule has 1 amide bonds. The third kappa shape index (κ3) is 9.51. The Kier molecular flexibility index (Phi) is 13.7. The van der Waals surface area contributed by atoms with Crippen molar-refractivity contribution in [2.75, 3.05) is 32.7 Å². The molecule has 6 heterocycles. The van der Waals surface area contributed by atoms with Gasteiger partial charge in [-0.15, -0.1) is 21.5 Å². The SMILES string of the molecule is CCc1cc(-c2n[nH]c(=O)n2-c2ccc(CC3CCN(CC4CCN(C(=O)C[C@@H]5N=C(c6ccc(Cl)cc6)c6c(sc(C)c6C)-n6c(C)nnc65)CC4)CC3)cc2)c(O)cc1O.O=CO. The molecule has 2 saturated heterocycles. The van der Waals surface area contributed by atoms with Crippen LogP contribution in [0.25, 0.3) is 22.1 Å². The highest BCUT2D eigenvalue weighted by molar-refractivity contribution is 7.15. The molecule has 6 aromatic rings. The predicted molar refractivity (Wildman–Crippen MR) is 251 cm³/mol. The van der Waals surface area contributed by atoms with Gasteiger partial charge < -0.3 is 25.1 Å². The number of hydrogen-bond acceptors (Lipinski definition) is 11. The number of carboxylic acid groups (broad SMARTS) is 1. The number of H-pyrrole nitrogens is 1. The first-order chi connectivity index (χ1) is 31.4. The number of aryl methyl sites for hydroxylation is 3. The van der Waals surface area contributed by atoms with Gasteiger partial charge in [-0.05, 0) is 131 Å². The van der Waals surface area contributed by atoms with Crippen molar-refractivity contribution in [3.05, 3.63) is 121 Å². The number of aromatic nitrogens is 6. The molecule has 0 aliphatic carbocycles. The lowest BCUT2D eigenvalue weighted by Crippen LogP contribution is -2.43. The summed E-state index contributed by atoms with van der Waals surface area (Å²) in [5, 5.41) is 45.2. The normalized spacial score (nSPS) is 16.8. The summed E-state index contributed by atoms with van der Waals surface area (Å²) in [6.07, 6.45) is 5.99. The summed E-state index contributed by atoms with van der Waals surface area (Å²) in [5.41, 5.74) is 6.56. The number of fused-ring (bicyclic) bond motifs is 3. The lowest BCUT2D eigenvalue weighted by molar-refractivity contribution is -0.133. The second kappa shape index (κ2) is 19.6. The van der Waals surface area contributed by atoms with E-state index in [1.54, 1.807) is 17.4 Å². The summed E-state index contributed by atoms with van der Waals surface area (Å²) in [5.74, 6) is 2.88. The average molecular weight is 921 g/mol. The number of aromatic amines is 1. The van der Waals surface area contributed by atoms with E-state index in [9.17, 15) is 19.8 Å². The maximum atomic E-state index is 14.0. The molecule has 3 aromatic heterocycles. The molecule has 15 nitrogen and oxygen atoms in total. The zero-order valence-electron chi connectivity index (χ0n) is 37.0. The number of carbonyl (C=O) groups is 2. The Labute approximate surface area is 386 Å². The van der Waals surface area contributed by atoms with Crippen molar-refractivity contribution in [3.63, 3.8) is 0 Å². The largest absolute Gasteiger partial charge is 0.508 e. The molecule has 3 aromatic carbocycles. The highest BCUT2D eigenvalue weighted by atomic mass is 35.5. The molecule has 0 radical (unpaired) electrons. The summed E-state index contributed by atoms with van der Waals surface area (Å²) in [7, 11) is 0. The highest BCUT2D eigenvalue weighted by Gasteiger charge is 2.34. The number of nitrogens with zero attached hydrogens (tertiary/aromatic N) is 8. The van der Waals surface area contributed by atoms with Crippen molar-refractivity contribution in [1.29, 1.82) is 0 Å². The van der Waals surface area contributed by atoms with E-state index in [2.05, 4.69) is 55.8 Å². The number of nitrogens with one attached hydrogen (secondary N) is 1. The molecule has 65 heavy (non-hydrogen) atoms. The Morgan fingerprint density at radius 1 is 0.908 bits per heavy atom. The van der Waals surface area contributed by atoms with Crippen molar-refractivity contribution in [1.82, 2.24) is 39.3 Å². The first kappa shape index (κ1) is 45.5. The van der Waals surface area contributed by atoms with Gasteiger partial charge in [0.1, 0.15) is 28.4 Å². The number of halogens is 1. The van der Waals surface area contributed by atoms with E-state index in [0.717, 1.165) is 92.5 Å². The van der Waals surface area contributed by atoms with Crippen LogP contribution in [0.1, 0.15) is 89.4 Å². The number of benzene rings is 3. The van der Waals surface area contributed by atoms with E-state index >= 15 is 0 Å². The second-order valence-electron chi connectivity index (χ2n) is 17.2. The lowest BCUT2D eigenvalue weighted by Gasteiger charge is -2.38. The molecule has 0 saturated carbocycles. The molecule has 0 spiro atoms. The number of phenols is 2. The number of amides is 1. The molecular formula is C48H54ClN9O6S. The van der Waals surface area contributed by atoms with Crippen LogP contribution in [0.2, 0.25) is 5.02 Å². The van der Waals surface area contributed by atoms with Gasteiger partial charge in [-0.2, -0.15) is 5.10 Å². The van der Waals surface area contributed by atoms with Gasteiger partial charge in [0, 0.05) is 46.7 Å². The topological polar surface area (TPSA) is 195 Å². The molecular weight excluding hydrogens is 866 g/mol. The van der Waals surface area contributed by atoms with Crippen LogP contribution in [0.15, 0.2) is 70.5 Å². The fourth-order valence-electron chi connectivity index (χ4n) is 9.45. The zero-order chi connectivity index (χ0) is 45.9. The molecule has 0 unspecified atom stereocenters. The van der Waals surface area contributed by atoms with E-state index in [0.29, 0.717) is 45.9 Å². The van der Waals surface area contributed by atoms with E-state index in [1.165, 1.54) is 26.6 Å². The van der Waals surface area contributed by atoms with Crippen LogP contribution in [0.5, 0.6) is 11.5 Å². The Balaban J connectivity index is 0.00000187. The Morgan fingerprint density at radius 3 is 2.26 bits per heavy atom. The molecule has 17 heteroatoms. The average Bonchev–Trinajstić information content (AvgIpc) is 3.94. The van der Waals surface area contributed by atoms with Crippen LogP contribution >= 0.6 is 22.9 Å². The molecule has 340 valence electrons. The first-order valence-electron chi connectivity index (χ1n) is 22.1. The predicted octanol–water partition coefficient (Wildman–Crippen LogP) is 7.60. The lowest BCUT2D eigenvalue weighted by atomic mass is 9.89. The summed E-state index contributed by atoms with van der Waals surface area (Å²) in [6, 6.07) is 18.3. The standard InChI is InChI=1S/C47H52ClN9O4S.CH2O2/c1-5-33-23-37(40(59)25-39(33)58)44-51-53-47(61)57(44)36-12-6-30(7-13-36)22-31-14-18-54(19-15-31)26-32-16-20-55(21-17-32)41(60)24-38-45-52-50-29(4)56(45)46-42(27(2)28(3)62-46)43(49-38)34-8-10-35(48)11-9-34;2-1-3/h6-13,23,25,31-32,38,58-59H,5,14-22,24,26H2,1-4H3,(H,53,61);1H,(H,2,3)/t38-;/m0./s1. The third-order valence-corrected chi connectivity index (χ3v) is 14.6. The molecule has 9 rings (SSSR count). The van der Waals surface area contributed by atoms with Gasteiger partial charge in [0.25, 0.3) is 6.47 Å². The summed E-state index contributed by atoms with van der Waals surface area (Å²) in [6.45, 7) is 12.6. The number of phenolic OH excluding ortho intramolecular Hbond substituents is 2. The molecule has 0 bridgehead atoms. The zero-order valence-corrected chi connectivity index (χ0v) is 38.6. The molecule has 3 aliphatic heterocycles. The van der Waals surface area contributed by atoms with Crippen LogP contribution in [0.4, 0.5) is 0 Å². The van der Waals surface area contributed by atoms with E-state index in [4.69, 9.17) is 26.5 Å². The van der Waals surface area contributed by atoms with Gasteiger partial charge in [0.15, 0.2) is 11.6 Å². The van der Waals surface area contributed by atoms with Crippen LogP contribution in [-0.4, -0.2) is 105 Å². The number of rotatable bonds is 10. The third-order valence-electron chi connectivity index (χ3n) is 13.1. The maximum absolute atomic E-state index is 14.0. The van der Waals surface area contributed by atoms with E-state index in [-0.39, 0.29) is 36.1 Å². The van der Waals surface area contributed by atoms with Gasteiger partial charge in [0.2, 0.25) is 5.91 Å². The Hall–Kier alpha value is -6.10. The van der Waals surface area contributed by atoms with Gasteiger partial charge in [-0.3, -0.25) is 19.1 Å². The Bertz CT molecular complexity index is 2760. The maximum Gasteiger partial charge on any atom is 0.348 e. The van der Waals surface area contributed by atoms with Crippen molar-refractivity contribution in [2.45, 2.75) is 78.7 Å². The van der Waals surface area contributed by atoms with Crippen molar-refractivity contribution in [2.24, 2.45) is 16.8 Å². The Morgan fingerprint density at radius 2 is 1.58 bits per heavy atom. The van der Waals surface area contributed by atoms with Crippen LogP contribution in [0.3, 0.4) is 0 Å². The number of thiophene rings is 1. The van der Waals surface area contributed by atoms with Crippen molar-refractivity contribution >= 4 is 41.0 Å². The quantitative estimate of drug-likeness (QED) is 0.0995. The first-order valence-corrected chi connectivity index (χ1v) is 23.3. The smallest absolute Gasteiger partial charge is 0.348 e. The van der Waals surface area contributed by atoms with Crippen molar-refractivity contribution < 1.29 is 24.9 Å². The number of carbonyl (C=O) groups excluding carboxylic acids is 1. The molecule has 4 N–H and O–H groups in total. The summed E-state index contributed by atoms with van der Waals surface area (Å²) >= 11 is 8.00. The van der Waals surface area contributed by atoms with Gasteiger partial charge in [-0.25, -0.2) is 14.5 Å². The molecule has 1 atom stereocenters. The minimum absolute atomic E-state index is 0.0104. The minimum atomic E-state index is -0.472. The molecule has 2 fully saturated rings. The monoisotopic (exact) mass is 919 g/mol. The van der Waals surface area contributed by atoms with Crippen molar-refractivity contribution in [3.8, 4) is 33.6 Å². The number of aromatic hydroxyl groups is 2. The number of aliphatic imine (C=N–C) groups is 1. The fraction of sp³-hybridized carbons (Fsp3) is 0.396. The summed E-state index contributed by atoms with van der Waals surface area (Å²) in [4.78, 5) is 46.4. The number of hydrogen-bond donors (Lipinski definition) is 4. The van der Waals surface area contributed by atoms with Crippen LogP contribution < -0.4 is 5.69 Å². The summed E-state index contributed by atoms with van der Waals surface area (Å²) < 4.78 is 3.56. The van der Waals surface area contributed by atoms with Gasteiger partial charge in [-0.1, -0.05) is 42.8 Å². The molecule has 3 aliphatic rings. The van der Waals surface area contributed by atoms with E-state index < -0.39 is 11.7 Å². The number of likely N-dealkylation sites (tertiary alicyclic amines) is 2. The fourth-order valence-corrected chi connectivity index (χ4v) is 10.8.